The molecule has 1 fully saturated rings. The van der Waals surface area contributed by atoms with Crippen LogP contribution >= 0.6 is 11.6 Å². The van der Waals surface area contributed by atoms with Gasteiger partial charge in [0.1, 0.15) is 0 Å². The maximum absolute atomic E-state index is 6.26. The number of halogens is 1. The van der Waals surface area contributed by atoms with Crippen molar-refractivity contribution in [1.82, 2.24) is 4.90 Å². The fraction of sp³-hybridized carbons (Fsp3) is 0.647. The lowest BCUT2D eigenvalue weighted by Gasteiger charge is -2.43. The molecule has 2 atom stereocenters. The predicted molar refractivity (Wildman–Crippen MR) is 87.0 cm³/mol. The van der Waals surface area contributed by atoms with Crippen LogP contribution in [0.15, 0.2) is 24.3 Å². The van der Waals surface area contributed by atoms with Crippen molar-refractivity contribution in [2.45, 2.75) is 52.1 Å². The minimum absolute atomic E-state index is 0.127. The second-order valence-electron chi connectivity index (χ2n) is 6.56. The average Bonchev–Trinajstić information content (AvgIpc) is 2.43. The lowest BCUT2D eigenvalue weighted by Crippen LogP contribution is -2.45. The summed E-state index contributed by atoms with van der Waals surface area (Å²) in [4.78, 5) is 2.55. The molecule has 2 N–H and O–H groups in total. The van der Waals surface area contributed by atoms with E-state index in [9.17, 15) is 0 Å². The van der Waals surface area contributed by atoms with E-state index in [-0.39, 0.29) is 6.04 Å². The van der Waals surface area contributed by atoms with E-state index in [1.807, 2.05) is 12.1 Å². The molecule has 0 aromatic heterocycles. The van der Waals surface area contributed by atoms with Gasteiger partial charge in [-0.2, -0.15) is 0 Å². The summed E-state index contributed by atoms with van der Waals surface area (Å²) in [6, 6.07) is 8.59. The summed E-state index contributed by atoms with van der Waals surface area (Å²) in [5.74, 6) is 0. The van der Waals surface area contributed by atoms with Gasteiger partial charge in [0.05, 0.1) is 0 Å². The zero-order chi connectivity index (χ0) is 14.8. The van der Waals surface area contributed by atoms with Crippen LogP contribution in [-0.4, -0.2) is 24.0 Å². The van der Waals surface area contributed by atoms with Gasteiger partial charge in [0.15, 0.2) is 0 Å². The van der Waals surface area contributed by atoms with Gasteiger partial charge in [-0.3, -0.25) is 4.90 Å². The van der Waals surface area contributed by atoms with Crippen molar-refractivity contribution < 1.29 is 0 Å². The maximum Gasteiger partial charge on any atom is 0.0496 e. The molecule has 1 aromatic carbocycles. The Hall–Kier alpha value is -0.570. The van der Waals surface area contributed by atoms with Crippen molar-refractivity contribution in [3.63, 3.8) is 0 Å². The maximum atomic E-state index is 6.26. The average molecular weight is 295 g/mol. The van der Waals surface area contributed by atoms with Gasteiger partial charge in [-0.05, 0) is 56.0 Å². The van der Waals surface area contributed by atoms with Crippen LogP contribution in [0.4, 0.5) is 0 Å². The lowest BCUT2D eigenvalue weighted by atomic mass is 9.77. The second kappa shape index (κ2) is 6.46. The molecule has 1 aliphatic rings. The standard InChI is InChI=1S/C17H27ClN2/c1-4-17(3)9-11-20(12-10-17)16(13(2)19)14-5-7-15(18)8-6-14/h5-8,13,16H,4,9-12,19H2,1-3H3. The van der Waals surface area contributed by atoms with E-state index in [4.69, 9.17) is 17.3 Å². The minimum atomic E-state index is 0.127. The molecular weight excluding hydrogens is 268 g/mol. The van der Waals surface area contributed by atoms with Crippen LogP contribution in [0.3, 0.4) is 0 Å². The molecule has 20 heavy (non-hydrogen) atoms. The molecule has 0 radical (unpaired) electrons. The number of rotatable bonds is 4. The van der Waals surface area contributed by atoms with Gasteiger partial charge in [0, 0.05) is 17.1 Å². The highest BCUT2D eigenvalue weighted by atomic mass is 35.5. The number of nitrogens with zero attached hydrogens (tertiary/aromatic N) is 1. The molecule has 0 spiro atoms. The normalized spacial score (nSPS) is 22.4. The van der Waals surface area contributed by atoms with Gasteiger partial charge in [0.25, 0.3) is 0 Å². The summed E-state index contributed by atoms with van der Waals surface area (Å²) >= 11 is 5.99. The molecule has 112 valence electrons. The predicted octanol–water partition coefficient (Wildman–Crippen LogP) is 4.24. The van der Waals surface area contributed by atoms with Crippen molar-refractivity contribution in [2.75, 3.05) is 13.1 Å². The first-order valence-corrected chi connectivity index (χ1v) is 8.08. The van der Waals surface area contributed by atoms with Gasteiger partial charge in [0.2, 0.25) is 0 Å². The number of likely N-dealkylation sites (tertiary alicyclic amines) is 1. The summed E-state index contributed by atoms with van der Waals surface area (Å²) in [7, 11) is 0. The van der Waals surface area contributed by atoms with Gasteiger partial charge in [-0.1, -0.05) is 44.0 Å². The molecule has 2 nitrogen and oxygen atoms in total. The molecule has 1 aromatic rings. The van der Waals surface area contributed by atoms with Crippen molar-refractivity contribution in [3.05, 3.63) is 34.9 Å². The van der Waals surface area contributed by atoms with E-state index >= 15 is 0 Å². The molecule has 3 heteroatoms. The van der Waals surface area contributed by atoms with E-state index in [1.54, 1.807) is 0 Å². The molecule has 0 bridgehead atoms. The third-order valence-corrected chi connectivity index (χ3v) is 5.21. The summed E-state index contributed by atoms with van der Waals surface area (Å²) in [5.41, 5.74) is 8.06. The smallest absolute Gasteiger partial charge is 0.0496 e. The van der Waals surface area contributed by atoms with E-state index in [0.717, 1.165) is 18.1 Å². The number of hydrogen-bond donors (Lipinski definition) is 1. The third kappa shape index (κ3) is 3.55. The Labute approximate surface area is 128 Å². The highest BCUT2D eigenvalue weighted by Crippen LogP contribution is 2.37. The van der Waals surface area contributed by atoms with Crippen LogP contribution in [0.5, 0.6) is 0 Å². The molecule has 0 amide bonds. The Kier molecular flexibility index (Phi) is 5.11. The van der Waals surface area contributed by atoms with Crippen molar-refractivity contribution >= 4 is 11.6 Å². The van der Waals surface area contributed by atoms with Gasteiger partial charge in [-0.15, -0.1) is 0 Å². The second-order valence-corrected chi connectivity index (χ2v) is 6.99. The molecule has 1 aliphatic heterocycles. The Morgan fingerprint density at radius 1 is 1.25 bits per heavy atom. The lowest BCUT2D eigenvalue weighted by molar-refractivity contribution is 0.0721. The van der Waals surface area contributed by atoms with E-state index in [0.29, 0.717) is 11.5 Å². The van der Waals surface area contributed by atoms with E-state index < -0.39 is 0 Å². The van der Waals surface area contributed by atoms with Crippen LogP contribution in [-0.2, 0) is 0 Å². The zero-order valence-electron chi connectivity index (χ0n) is 12.9. The Morgan fingerprint density at radius 3 is 2.25 bits per heavy atom. The first kappa shape index (κ1) is 15.8. The highest BCUT2D eigenvalue weighted by molar-refractivity contribution is 6.30. The Balaban J connectivity index is 2.13. The summed E-state index contributed by atoms with van der Waals surface area (Å²) < 4.78 is 0. The number of benzene rings is 1. The van der Waals surface area contributed by atoms with Crippen LogP contribution < -0.4 is 5.73 Å². The fourth-order valence-corrected chi connectivity index (χ4v) is 3.33. The largest absolute Gasteiger partial charge is 0.326 e. The van der Waals surface area contributed by atoms with Crippen LogP contribution in [0.25, 0.3) is 0 Å². The number of nitrogens with two attached hydrogens (primary N) is 1. The van der Waals surface area contributed by atoms with Gasteiger partial charge >= 0.3 is 0 Å². The summed E-state index contributed by atoms with van der Waals surface area (Å²) in [5, 5.41) is 0.786. The Bertz CT molecular complexity index is 419. The molecule has 1 heterocycles. The van der Waals surface area contributed by atoms with Gasteiger partial charge in [-0.25, -0.2) is 0 Å². The topological polar surface area (TPSA) is 29.3 Å². The molecular formula is C17H27ClN2. The summed E-state index contributed by atoms with van der Waals surface area (Å²) in [6.07, 6.45) is 3.80. The van der Waals surface area contributed by atoms with Crippen LogP contribution in [0, 0.1) is 5.41 Å². The number of hydrogen-bond acceptors (Lipinski definition) is 2. The zero-order valence-corrected chi connectivity index (χ0v) is 13.7. The quantitative estimate of drug-likeness (QED) is 0.900. The third-order valence-electron chi connectivity index (χ3n) is 4.96. The Morgan fingerprint density at radius 2 is 1.80 bits per heavy atom. The van der Waals surface area contributed by atoms with Crippen LogP contribution in [0.2, 0.25) is 5.02 Å². The van der Waals surface area contributed by atoms with Crippen molar-refractivity contribution in [3.8, 4) is 0 Å². The van der Waals surface area contributed by atoms with E-state index in [1.165, 1.54) is 24.8 Å². The molecule has 1 saturated heterocycles. The monoisotopic (exact) mass is 294 g/mol. The SMILES string of the molecule is CCC1(C)CCN(C(c2ccc(Cl)cc2)C(C)N)CC1. The minimum Gasteiger partial charge on any atom is -0.326 e. The molecule has 2 unspecified atom stereocenters. The van der Waals surface area contributed by atoms with Crippen molar-refractivity contribution in [2.24, 2.45) is 11.1 Å². The number of piperidine rings is 1. The van der Waals surface area contributed by atoms with E-state index in [2.05, 4.69) is 37.8 Å². The molecule has 2 rings (SSSR count). The first-order valence-electron chi connectivity index (χ1n) is 7.70. The first-order chi connectivity index (χ1) is 9.45. The summed E-state index contributed by atoms with van der Waals surface area (Å²) in [6.45, 7) is 9.09. The highest BCUT2D eigenvalue weighted by Gasteiger charge is 2.33. The van der Waals surface area contributed by atoms with Crippen molar-refractivity contribution in [1.29, 1.82) is 0 Å². The van der Waals surface area contributed by atoms with Crippen LogP contribution in [0.1, 0.15) is 51.6 Å². The molecule has 0 saturated carbocycles. The molecule has 0 aliphatic carbocycles. The van der Waals surface area contributed by atoms with Gasteiger partial charge < -0.3 is 5.73 Å². The fourth-order valence-electron chi connectivity index (χ4n) is 3.20.